The minimum Gasteiger partial charge on any atom is -0.271 e. The van der Waals surface area contributed by atoms with Gasteiger partial charge in [0.05, 0.1) is 16.3 Å². The number of benzene rings is 1. The van der Waals surface area contributed by atoms with Crippen LogP contribution in [-0.2, 0) is 11.0 Å². The minimum absolute atomic E-state index is 0.0304. The van der Waals surface area contributed by atoms with Crippen molar-refractivity contribution >= 4 is 34.8 Å². The normalized spacial score (nSPS) is 20.1. The van der Waals surface area contributed by atoms with Gasteiger partial charge >= 0.3 is 6.18 Å². The summed E-state index contributed by atoms with van der Waals surface area (Å²) in [6.45, 7) is 0. The van der Waals surface area contributed by atoms with E-state index in [4.69, 9.17) is 23.2 Å². The predicted octanol–water partition coefficient (Wildman–Crippen LogP) is 3.24. The second kappa shape index (κ2) is 4.94. The van der Waals surface area contributed by atoms with E-state index in [1.54, 1.807) is 0 Å². The number of nitrogens with one attached hydrogen (secondary N) is 1. The van der Waals surface area contributed by atoms with Gasteiger partial charge in [-0.05, 0) is 18.2 Å². The molecule has 0 aliphatic carbocycles. The van der Waals surface area contributed by atoms with Gasteiger partial charge in [0.15, 0.2) is 5.38 Å². The molecule has 1 unspecified atom stereocenters. The van der Waals surface area contributed by atoms with Gasteiger partial charge in [0.1, 0.15) is 0 Å². The van der Waals surface area contributed by atoms with Crippen molar-refractivity contribution in [1.82, 2.24) is 5.43 Å². The number of halogens is 5. The Kier molecular flexibility index (Phi) is 3.64. The first-order chi connectivity index (χ1) is 8.79. The highest BCUT2D eigenvalue weighted by Crippen LogP contribution is 2.32. The van der Waals surface area contributed by atoms with Crippen LogP contribution in [0.4, 0.5) is 18.9 Å². The number of hydrogen-bond donors (Lipinski definition) is 1. The van der Waals surface area contributed by atoms with Crippen molar-refractivity contribution in [2.45, 2.75) is 11.6 Å². The van der Waals surface area contributed by atoms with Crippen LogP contribution in [0, 0.1) is 0 Å². The first kappa shape index (κ1) is 14.0. The topological polar surface area (TPSA) is 32.3 Å². The Labute approximate surface area is 116 Å². The number of hydrogen-bond acceptors (Lipinski definition) is 2. The van der Waals surface area contributed by atoms with Crippen LogP contribution in [0.25, 0.3) is 0 Å². The fourth-order valence-electron chi connectivity index (χ4n) is 1.49. The lowest BCUT2D eigenvalue weighted by atomic mass is 10.2. The van der Waals surface area contributed by atoms with Crippen molar-refractivity contribution in [3.05, 3.63) is 41.1 Å². The summed E-state index contributed by atoms with van der Waals surface area (Å²) in [6.07, 6.45) is -3.20. The maximum absolute atomic E-state index is 12.6. The minimum atomic E-state index is -4.46. The van der Waals surface area contributed by atoms with Gasteiger partial charge in [-0.25, -0.2) is 0 Å². The van der Waals surface area contributed by atoms with Gasteiger partial charge in [0.2, 0.25) is 0 Å². The SMILES string of the molecule is O=C1NN(c2cccc(C(F)(F)F)c2)C=C(Cl)C1Cl. The summed E-state index contributed by atoms with van der Waals surface area (Å²) in [4.78, 5) is 11.4. The van der Waals surface area contributed by atoms with Gasteiger partial charge in [-0.2, -0.15) is 13.2 Å². The van der Waals surface area contributed by atoms with Crippen molar-refractivity contribution in [2.24, 2.45) is 0 Å². The Balaban J connectivity index is 2.36. The zero-order chi connectivity index (χ0) is 14.2. The molecule has 0 saturated heterocycles. The number of alkyl halides is 4. The maximum Gasteiger partial charge on any atom is 0.416 e. The van der Waals surface area contributed by atoms with Gasteiger partial charge in [-0.1, -0.05) is 17.7 Å². The third kappa shape index (κ3) is 2.96. The maximum atomic E-state index is 12.6. The Bertz CT molecular complexity index is 545. The van der Waals surface area contributed by atoms with Crippen molar-refractivity contribution in [3.8, 4) is 0 Å². The zero-order valence-electron chi connectivity index (χ0n) is 9.21. The number of hydrazine groups is 1. The standard InChI is InChI=1S/C11H7Cl2F3N2O/c12-8-5-18(17-10(19)9(8)13)7-3-1-2-6(4-7)11(14,15)16/h1-5,9H,(H,17,19). The fraction of sp³-hybridized carbons (Fsp3) is 0.182. The molecule has 0 bridgehead atoms. The van der Waals surface area contributed by atoms with Crippen molar-refractivity contribution < 1.29 is 18.0 Å². The molecule has 1 heterocycles. The molecular formula is C11H7Cl2F3N2O. The molecular weight excluding hydrogens is 304 g/mol. The predicted molar refractivity (Wildman–Crippen MR) is 65.6 cm³/mol. The van der Waals surface area contributed by atoms with Crippen molar-refractivity contribution in [3.63, 3.8) is 0 Å². The molecule has 102 valence electrons. The molecule has 1 atom stereocenters. The molecule has 19 heavy (non-hydrogen) atoms. The van der Waals surface area contributed by atoms with E-state index in [1.165, 1.54) is 18.3 Å². The fourth-order valence-corrected chi connectivity index (χ4v) is 1.79. The van der Waals surface area contributed by atoms with Gasteiger partial charge < -0.3 is 0 Å². The molecule has 1 amide bonds. The lowest BCUT2D eigenvalue weighted by molar-refractivity contribution is -0.137. The lowest BCUT2D eigenvalue weighted by Gasteiger charge is -2.28. The second-order valence-corrected chi connectivity index (χ2v) is 4.64. The highest BCUT2D eigenvalue weighted by atomic mass is 35.5. The van der Waals surface area contributed by atoms with E-state index in [0.717, 1.165) is 17.1 Å². The summed E-state index contributed by atoms with van der Waals surface area (Å²) >= 11 is 11.4. The molecule has 0 aromatic heterocycles. The first-order valence-electron chi connectivity index (χ1n) is 5.07. The van der Waals surface area contributed by atoms with Crippen molar-refractivity contribution in [1.29, 1.82) is 0 Å². The molecule has 1 aromatic rings. The van der Waals surface area contributed by atoms with Crippen LogP contribution in [0.3, 0.4) is 0 Å². The number of rotatable bonds is 1. The molecule has 1 aliphatic rings. The van der Waals surface area contributed by atoms with Crippen LogP contribution >= 0.6 is 23.2 Å². The summed E-state index contributed by atoms with van der Waals surface area (Å²) in [6, 6.07) is 4.48. The van der Waals surface area contributed by atoms with Crippen molar-refractivity contribution in [2.75, 3.05) is 5.01 Å². The molecule has 0 saturated carbocycles. The molecule has 1 aliphatic heterocycles. The number of anilines is 1. The molecule has 1 N–H and O–H groups in total. The molecule has 0 spiro atoms. The van der Waals surface area contributed by atoms with E-state index in [-0.39, 0.29) is 10.7 Å². The molecule has 0 radical (unpaired) electrons. The second-order valence-electron chi connectivity index (χ2n) is 3.77. The lowest BCUT2D eigenvalue weighted by Crippen LogP contribution is -2.47. The van der Waals surface area contributed by atoms with Crippen LogP contribution in [0.15, 0.2) is 35.5 Å². The Hall–Kier alpha value is -1.40. The van der Waals surface area contributed by atoms with E-state index < -0.39 is 23.0 Å². The molecule has 0 fully saturated rings. The molecule has 2 rings (SSSR count). The molecule has 3 nitrogen and oxygen atoms in total. The average molecular weight is 311 g/mol. The highest BCUT2D eigenvalue weighted by molar-refractivity contribution is 6.43. The summed E-state index contributed by atoms with van der Waals surface area (Å²) in [5.74, 6) is -0.605. The smallest absolute Gasteiger partial charge is 0.271 e. The molecule has 1 aromatic carbocycles. The average Bonchev–Trinajstić information content (AvgIpc) is 2.34. The van der Waals surface area contributed by atoms with Crippen LogP contribution in [0.1, 0.15) is 5.56 Å². The van der Waals surface area contributed by atoms with Gasteiger partial charge in [0.25, 0.3) is 5.91 Å². The Morgan fingerprint density at radius 2 is 2.00 bits per heavy atom. The largest absolute Gasteiger partial charge is 0.416 e. The summed E-state index contributed by atoms with van der Waals surface area (Å²) in [7, 11) is 0. The quantitative estimate of drug-likeness (QED) is 0.808. The van der Waals surface area contributed by atoms with Crippen LogP contribution in [0.5, 0.6) is 0 Å². The highest BCUT2D eigenvalue weighted by Gasteiger charge is 2.32. The number of carbonyl (C=O) groups is 1. The Morgan fingerprint density at radius 3 is 2.58 bits per heavy atom. The zero-order valence-corrected chi connectivity index (χ0v) is 10.7. The Morgan fingerprint density at radius 1 is 1.32 bits per heavy atom. The first-order valence-corrected chi connectivity index (χ1v) is 5.89. The van der Waals surface area contributed by atoms with Gasteiger partial charge in [-0.15, -0.1) is 11.6 Å². The molecule has 8 heteroatoms. The summed E-state index contributed by atoms with van der Waals surface area (Å²) in [5, 5.41) is 0.0882. The summed E-state index contributed by atoms with van der Waals surface area (Å²) in [5.41, 5.74) is 1.63. The number of nitrogens with zero attached hydrogens (tertiary/aromatic N) is 1. The summed E-state index contributed by atoms with van der Waals surface area (Å²) < 4.78 is 37.7. The van der Waals surface area contributed by atoms with Crippen LogP contribution in [0.2, 0.25) is 0 Å². The van der Waals surface area contributed by atoms with Gasteiger partial charge in [-0.3, -0.25) is 15.2 Å². The third-order valence-corrected chi connectivity index (χ3v) is 3.27. The van der Waals surface area contributed by atoms with Gasteiger partial charge in [0, 0.05) is 6.20 Å². The van der Waals surface area contributed by atoms with Crippen LogP contribution < -0.4 is 10.4 Å². The van der Waals surface area contributed by atoms with Crippen LogP contribution in [-0.4, -0.2) is 11.3 Å². The van der Waals surface area contributed by atoms with E-state index in [2.05, 4.69) is 5.43 Å². The number of amides is 1. The third-order valence-electron chi connectivity index (χ3n) is 2.41. The number of carbonyl (C=O) groups excluding carboxylic acids is 1. The van der Waals surface area contributed by atoms with E-state index in [0.29, 0.717) is 0 Å². The van der Waals surface area contributed by atoms with E-state index >= 15 is 0 Å². The van der Waals surface area contributed by atoms with E-state index in [9.17, 15) is 18.0 Å². The monoisotopic (exact) mass is 310 g/mol. The van der Waals surface area contributed by atoms with E-state index in [1.807, 2.05) is 0 Å².